The third-order valence-electron chi connectivity index (χ3n) is 3.89. The van der Waals surface area contributed by atoms with E-state index in [1.165, 1.54) is 44.4 Å². The van der Waals surface area contributed by atoms with Crippen LogP contribution in [0.15, 0.2) is 53.9 Å². The fourth-order valence-corrected chi connectivity index (χ4v) is 4.21. The molecule has 0 unspecified atom stereocenters. The molecule has 0 amide bonds. The van der Waals surface area contributed by atoms with Crippen molar-refractivity contribution in [1.82, 2.24) is 0 Å². The summed E-state index contributed by atoms with van der Waals surface area (Å²) in [6, 6.07) is 6.98. The van der Waals surface area contributed by atoms with Crippen LogP contribution in [0.5, 0.6) is 5.75 Å². The quantitative estimate of drug-likeness (QED) is 0.373. The van der Waals surface area contributed by atoms with Gasteiger partial charge in [-0.2, -0.15) is 0 Å². The van der Waals surface area contributed by atoms with Crippen molar-refractivity contribution in [1.29, 1.82) is 0 Å². The molecule has 0 fully saturated rings. The lowest BCUT2D eigenvalue weighted by Gasteiger charge is -2.25. The van der Waals surface area contributed by atoms with Crippen molar-refractivity contribution in [3.63, 3.8) is 0 Å². The van der Waals surface area contributed by atoms with E-state index in [1.807, 2.05) is 0 Å². The normalized spacial score (nSPS) is 10.9. The third-order valence-corrected chi connectivity index (χ3v) is 5.81. The van der Waals surface area contributed by atoms with E-state index < -0.39 is 25.6 Å². The first-order chi connectivity index (χ1) is 13.1. The highest BCUT2D eigenvalue weighted by molar-refractivity contribution is 7.93. The molecule has 0 aliphatic carbocycles. The zero-order valence-corrected chi connectivity index (χ0v) is 15.9. The van der Waals surface area contributed by atoms with Crippen LogP contribution in [0.4, 0.5) is 17.1 Å². The summed E-state index contributed by atoms with van der Waals surface area (Å²) in [4.78, 5) is 20.5. The van der Waals surface area contributed by atoms with E-state index in [4.69, 9.17) is 4.74 Å². The predicted octanol–water partition coefficient (Wildman–Crippen LogP) is 3.20. The van der Waals surface area contributed by atoms with E-state index in [1.54, 1.807) is 0 Å². The Labute approximate surface area is 161 Å². The molecule has 0 aliphatic heterocycles. The fraction of sp³-hybridized carbons (Fsp3) is 0.176. The molecule has 2 rings (SSSR count). The number of aryl methyl sites for hydroxylation is 1. The van der Waals surface area contributed by atoms with E-state index in [0.717, 1.165) is 16.4 Å². The van der Waals surface area contributed by atoms with Crippen molar-refractivity contribution >= 4 is 27.1 Å². The van der Waals surface area contributed by atoms with Gasteiger partial charge in [0.2, 0.25) is 0 Å². The number of hydrogen-bond donors (Lipinski definition) is 0. The van der Waals surface area contributed by atoms with Crippen LogP contribution in [0, 0.1) is 27.2 Å². The van der Waals surface area contributed by atoms with Crippen molar-refractivity contribution in [2.45, 2.75) is 11.8 Å². The standard InChI is InChI=1S/C17H17N3O7S/c1-4-9-18(15-10-13(19(21)22)7-8-16(15)27-3)28(25,26)17-11-14(20(23)24)6-5-12(17)2/h4-8,10-11H,1,9H2,2-3H3. The van der Waals surface area contributed by atoms with Gasteiger partial charge in [0.15, 0.2) is 0 Å². The minimum atomic E-state index is -4.32. The van der Waals surface area contributed by atoms with Gasteiger partial charge in [0, 0.05) is 24.3 Å². The molecule has 0 N–H and O–H groups in total. The Kier molecular flexibility index (Phi) is 5.99. The molecule has 2 aromatic rings. The van der Waals surface area contributed by atoms with Gasteiger partial charge >= 0.3 is 0 Å². The number of benzene rings is 2. The van der Waals surface area contributed by atoms with Gasteiger partial charge in [-0.1, -0.05) is 12.1 Å². The molecule has 0 saturated heterocycles. The summed E-state index contributed by atoms with van der Waals surface area (Å²) >= 11 is 0. The summed E-state index contributed by atoms with van der Waals surface area (Å²) in [6.07, 6.45) is 1.29. The molecule has 28 heavy (non-hydrogen) atoms. The number of hydrogen-bond acceptors (Lipinski definition) is 7. The molecule has 2 aromatic carbocycles. The van der Waals surface area contributed by atoms with Crippen LogP contribution in [0.2, 0.25) is 0 Å². The number of sulfonamides is 1. The van der Waals surface area contributed by atoms with Gasteiger partial charge in [0.25, 0.3) is 21.4 Å². The van der Waals surface area contributed by atoms with E-state index in [9.17, 15) is 28.6 Å². The summed E-state index contributed by atoms with van der Waals surface area (Å²) in [7, 11) is -3.03. The summed E-state index contributed by atoms with van der Waals surface area (Å²) in [5.41, 5.74) is -0.531. The van der Waals surface area contributed by atoms with Crippen LogP contribution >= 0.6 is 0 Å². The molecule has 0 atom stereocenters. The minimum absolute atomic E-state index is 0.0810. The highest BCUT2D eigenvalue weighted by atomic mass is 32.2. The van der Waals surface area contributed by atoms with Gasteiger partial charge in [-0.3, -0.25) is 24.5 Å². The van der Waals surface area contributed by atoms with Gasteiger partial charge in [-0.15, -0.1) is 6.58 Å². The van der Waals surface area contributed by atoms with Crippen molar-refractivity contribution in [2.75, 3.05) is 18.0 Å². The number of rotatable bonds is 8. The molecule has 10 nitrogen and oxygen atoms in total. The molecule has 0 heterocycles. The Morgan fingerprint density at radius 2 is 1.68 bits per heavy atom. The summed E-state index contributed by atoms with van der Waals surface area (Å²) in [5.74, 6) is 0.0825. The van der Waals surface area contributed by atoms with Gasteiger partial charge in [-0.05, 0) is 18.6 Å². The second kappa shape index (κ2) is 8.05. The van der Waals surface area contributed by atoms with Gasteiger partial charge in [0.05, 0.1) is 28.4 Å². The van der Waals surface area contributed by atoms with Crippen molar-refractivity contribution in [3.05, 3.63) is 74.8 Å². The Morgan fingerprint density at radius 1 is 1.11 bits per heavy atom. The number of nitro groups is 2. The number of anilines is 1. The Balaban J connectivity index is 2.75. The topological polar surface area (TPSA) is 133 Å². The van der Waals surface area contributed by atoms with Gasteiger partial charge < -0.3 is 4.74 Å². The van der Waals surface area contributed by atoms with E-state index in [-0.39, 0.29) is 34.1 Å². The number of methoxy groups -OCH3 is 1. The zero-order chi connectivity index (χ0) is 21.1. The van der Waals surface area contributed by atoms with Crippen molar-refractivity contribution < 1.29 is 23.0 Å². The maximum Gasteiger partial charge on any atom is 0.271 e. The Bertz CT molecular complexity index is 1050. The summed E-state index contributed by atoms with van der Waals surface area (Å²) < 4.78 is 32.6. The SMILES string of the molecule is C=CCN(c1cc([N+](=O)[O-])ccc1OC)S(=O)(=O)c1cc([N+](=O)[O-])ccc1C. The fourth-order valence-electron chi connectivity index (χ4n) is 2.53. The minimum Gasteiger partial charge on any atom is -0.495 e. The van der Waals surface area contributed by atoms with E-state index in [2.05, 4.69) is 6.58 Å². The highest BCUT2D eigenvalue weighted by Gasteiger charge is 2.30. The molecule has 11 heteroatoms. The lowest BCUT2D eigenvalue weighted by molar-refractivity contribution is -0.385. The van der Waals surface area contributed by atoms with Crippen molar-refractivity contribution in [2.24, 2.45) is 0 Å². The van der Waals surface area contributed by atoms with Crippen LogP contribution in [-0.4, -0.2) is 31.9 Å². The van der Waals surface area contributed by atoms with Gasteiger partial charge in [0.1, 0.15) is 11.4 Å². The second-order valence-electron chi connectivity index (χ2n) is 5.64. The van der Waals surface area contributed by atoms with Gasteiger partial charge in [-0.25, -0.2) is 8.42 Å². The highest BCUT2D eigenvalue weighted by Crippen LogP contribution is 2.36. The van der Waals surface area contributed by atoms with Crippen LogP contribution in [0.3, 0.4) is 0 Å². The molecular formula is C17H17N3O7S. The number of non-ortho nitro benzene ring substituents is 2. The Morgan fingerprint density at radius 3 is 2.21 bits per heavy atom. The molecule has 0 bridgehead atoms. The third kappa shape index (κ3) is 3.93. The first kappa shape index (κ1) is 20.8. The Hall–Kier alpha value is -3.47. The maximum atomic E-state index is 13.3. The number of ether oxygens (including phenoxy) is 1. The first-order valence-electron chi connectivity index (χ1n) is 7.84. The lowest BCUT2D eigenvalue weighted by atomic mass is 10.2. The van der Waals surface area contributed by atoms with Crippen LogP contribution in [0.25, 0.3) is 0 Å². The zero-order valence-electron chi connectivity index (χ0n) is 15.1. The molecule has 0 saturated carbocycles. The lowest BCUT2D eigenvalue weighted by Crippen LogP contribution is -2.32. The summed E-state index contributed by atoms with van der Waals surface area (Å²) in [5, 5.41) is 22.2. The molecule has 0 aromatic heterocycles. The maximum absolute atomic E-state index is 13.3. The average molecular weight is 407 g/mol. The monoisotopic (exact) mass is 407 g/mol. The average Bonchev–Trinajstić information content (AvgIpc) is 2.65. The van der Waals surface area contributed by atoms with E-state index >= 15 is 0 Å². The molecular weight excluding hydrogens is 390 g/mol. The largest absolute Gasteiger partial charge is 0.495 e. The smallest absolute Gasteiger partial charge is 0.271 e. The molecule has 0 radical (unpaired) electrons. The summed E-state index contributed by atoms with van der Waals surface area (Å²) in [6.45, 7) is 4.78. The number of nitrogens with zero attached hydrogens (tertiary/aromatic N) is 3. The van der Waals surface area contributed by atoms with E-state index in [0.29, 0.717) is 0 Å². The van der Waals surface area contributed by atoms with Crippen LogP contribution < -0.4 is 9.04 Å². The van der Waals surface area contributed by atoms with Crippen LogP contribution in [-0.2, 0) is 10.0 Å². The number of nitro benzene ring substituents is 2. The molecule has 148 valence electrons. The second-order valence-corrected chi connectivity index (χ2v) is 7.48. The van der Waals surface area contributed by atoms with Crippen molar-refractivity contribution in [3.8, 4) is 5.75 Å². The predicted molar refractivity (Wildman–Crippen MR) is 102 cm³/mol. The molecule has 0 aliphatic rings. The first-order valence-corrected chi connectivity index (χ1v) is 9.28. The van der Waals surface area contributed by atoms with Crippen LogP contribution in [0.1, 0.15) is 5.56 Å². The molecule has 0 spiro atoms.